The Morgan fingerprint density at radius 2 is 1.75 bits per heavy atom. The molecule has 1 fully saturated rings. The first-order chi connectivity index (χ1) is 15.1. The largest absolute Gasteiger partial charge is 0.334 e. The van der Waals surface area contributed by atoms with Crippen LogP contribution < -0.4 is 11.1 Å². The average Bonchev–Trinajstić information content (AvgIpc) is 2.74. The summed E-state index contributed by atoms with van der Waals surface area (Å²) in [6.07, 6.45) is 3.99. The van der Waals surface area contributed by atoms with Gasteiger partial charge in [-0.3, -0.25) is 9.59 Å². The van der Waals surface area contributed by atoms with E-state index in [-0.39, 0.29) is 29.3 Å². The maximum absolute atomic E-state index is 12.8. The van der Waals surface area contributed by atoms with Crippen LogP contribution in [-0.4, -0.2) is 28.8 Å². The van der Waals surface area contributed by atoms with Gasteiger partial charge in [-0.2, -0.15) is 0 Å². The highest BCUT2D eigenvalue weighted by molar-refractivity contribution is 6.31. The highest BCUT2D eigenvalue weighted by Crippen LogP contribution is 2.28. The minimum Gasteiger partial charge on any atom is -0.334 e. The maximum atomic E-state index is 12.8. The highest BCUT2D eigenvalue weighted by atomic mass is 35.5. The van der Waals surface area contributed by atoms with E-state index in [9.17, 15) is 9.59 Å². The van der Waals surface area contributed by atoms with Gasteiger partial charge in [0.25, 0.3) is 5.91 Å². The van der Waals surface area contributed by atoms with Crippen LogP contribution in [0.15, 0.2) is 42.5 Å². The quantitative estimate of drug-likeness (QED) is 0.624. The van der Waals surface area contributed by atoms with Gasteiger partial charge in [0.05, 0.1) is 0 Å². The molecule has 0 aromatic heterocycles. The summed E-state index contributed by atoms with van der Waals surface area (Å²) >= 11 is 6.45. The van der Waals surface area contributed by atoms with Crippen LogP contribution in [0.5, 0.6) is 0 Å². The van der Waals surface area contributed by atoms with Gasteiger partial charge in [0.1, 0.15) is 0 Å². The van der Waals surface area contributed by atoms with Crippen molar-refractivity contribution in [3.05, 3.63) is 64.2 Å². The summed E-state index contributed by atoms with van der Waals surface area (Å²) in [5.74, 6) is -0.201. The van der Waals surface area contributed by atoms with Gasteiger partial charge in [0.15, 0.2) is 0 Å². The fraction of sp³-hybridized carbons (Fsp3) is 0.462. The Kier molecular flexibility index (Phi) is 7.63. The summed E-state index contributed by atoms with van der Waals surface area (Å²) in [6.45, 7) is 8.37. The summed E-state index contributed by atoms with van der Waals surface area (Å²) in [5, 5.41) is 3.51. The van der Waals surface area contributed by atoms with Gasteiger partial charge in [-0.15, -0.1) is 0 Å². The second kappa shape index (κ2) is 10.1. The van der Waals surface area contributed by atoms with Crippen molar-refractivity contribution < 1.29 is 9.59 Å². The van der Waals surface area contributed by atoms with E-state index in [1.807, 2.05) is 35.2 Å². The van der Waals surface area contributed by atoms with E-state index in [1.165, 1.54) is 5.56 Å². The van der Waals surface area contributed by atoms with Gasteiger partial charge in [-0.25, -0.2) is 0 Å². The lowest BCUT2D eigenvalue weighted by Crippen LogP contribution is -2.51. The van der Waals surface area contributed by atoms with E-state index in [4.69, 9.17) is 17.3 Å². The number of amides is 2. The standard InChI is InChI=1S/C26H34ClN3O2/c1-17(31)30(24-8-6-5-7-23(24)28)16-19-15-21(13-14-22(19)27)29-25(32)18-9-11-20(12-10-18)26(2,3)4/h9-15,23-24H,5-8,16,28H2,1-4H3,(H,29,32). The minimum absolute atomic E-state index is 0.0110. The number of hydrogen-bond acceptors (Lipinski definition) is 3. The SMILES string of the molecule is CC(=O)N(Cc1cc(NC(=O)c2ccc(C(C)(C)C)cc2)ccc1Cl)C1CCCCC1N. The van der Waals surface area contributed by atoms with Crippen LogP contribution in [0.25, 0.3) is 0 Å². The first-order valence-electron chi connectivity index (χ1n) is 11.3. The highest BCUT2D eigenvalue weighted by Gasteiger charge is 2.29. The van der Waals surface area contributed by atoms with Gasteiger partial charge in [-0.1, -0.05) is 57.3 Å². The maximum Gasteiger partial charge on any atom is 0.255 e. The lowest BCUT2D eigenvalue weighted by atomic mass is 9.87. The summed E-state index contributed by atoms with van der Waals surface area (Å²) in [7, 11) is 0. The fourth-order valence-electron chi connectivity index (χ4n) is 4.27. The predicted molar refractivity (Wildman–Crippen MR) is 131 cm³/mol. The molecule has 3 rings (SSSR count). The number of carbonyl (C=O) groups excluding carboxylic acids is 2. The van der Waals surface area contributed by atoms with Crippen molar-refractivity contribution in [3.63, 3.8) is 0 Å². The Labute approximate surface area is 196 Å². The number of benzene rings is 2. The molecule has 2 aromatic rings. The number of nitrogens with one attached hydrogen (secondary N) is 1. The van der Waals surface area contributed by atoms with Crippen molar-refractivity contribution in [3.8, 4) is 0 Å². The van der Waals surface area contributed by atoms with Crippen LogP contribution in [0.2, 0.25) is 5.02 Å². The molecule has 5 nitrogen and oxygen atoms in total. The van der Waals surface area contributed by atoms with Crippen LogP contribution in [0.3, 0.4) is 0 Å². The molecule has 2 atom stereocenters. The molecule has 1 aliphatic carbocycles. The minimum atomic E-state index is -0.184. The Morgan fingerprint density at radius 1 is 1.09 bits per heavy atom. The molecule has 0 bridgehead atoms. The fourth-order valence-corrected chi connectivity index (χ4v) is 4.45. The zero-order valence-corrected chi connectivity index (χ0v) is 20.2. The zero-order valence-electron chi connectivity index (χ0n) is 19.5. The van der Waals surface area contributed by atoms with E-state index >= 15 is 0 Å². The van der Waals surface area contributed by atoms with Crippen molar-refractivity contribution in [1.82, 2.24) is 4.90 Å². The molecule has 2 unspecified atom stereocenters. The molecule has 2 aromatic carbocycles. The van der Waals surface area contributed by atoms with Gasteiger partial charge >= 0.3 is 0 Å². The average molecular weight is 456 g/mol. The molecular formula is C26H34ClN3O2. The van der Waals surface area contributed by atoms with Crippen LogP contribution in [0.1, 0.15) is 74.9 Å². The van der Waals surface area contributed by atoms with E-state index < -0.39 is 0 Å². The van der Waals surface area contributed by atoms with Gasteiger partial charge < -0.3 is 16.0 Å². The second-order valence-corrected chi connectivity index (χ2v) is 10.2. The normalized spacial score (nSPS) is 18.8. The van der Waals surface area contributed by atoms with E-state index in [0.717, 1.165) is 31.2 Å². The molecule has 32 heavy (non-hydrogen) atoms. The van der Waals surface area contributed by atoms with Crippen LogP contribution in [-0.2, 0) is 16.8 Å². The molecule has 6 heteroatoms. The molecular weight excluding hydrogens is 422 g/mol. The van der Waals surface area contributed by atoms with Crippen LogP contribution in [0.4, 0.5) is 5.69 Å². The first kappa shape index (κ1) is 24.3. The monoisotopic (exact) mass is 455 g/mol. The molecule has 0 heterocycles. The van der Waals surface area contributed by atoms with E-state index in [0.29, 0.717) is 22.8 Å². The molecule has 0 spiro atoms. The third kappa shape index (κ3) is 5.90. The summed E-state index contributed by atoms with van der Waals surface area (Å²) in [5.41, 5.74) is 9.56. The van der Waals surface area contributed by atoms with Crippen molar-refractivity contribution in [2.45, 2.75) is 77.4 Å². The Hall–Kier alpha value is -2.37. The Bertz CT molecular complexity index is 966. The number of nitrogens with zero attached hydrogens (tertiary/aromatic N) is 1. The lowest BCUT2D eigenvalue weighted by Gasteiger charge is -2.38. The topological polar surface area (TPSA) is 75.4 Å². The Morgan fingerprint density at radius 3 is 2.34 bits per heavy atom. The molecule has 1 saturated carbocycles. The number of anilines is 1. The van der Waals surface area contributed by atoms with E-state index in [2.05, 4.69) is 26.1 Å². The van der Waals surface area contributed by atoms with Crippen molar-refractivity contribution >= 4 is 29.1 Å². The van der Waals surface area contributed by atoms with Gasteiger partial charge in [-0.05, 0) is 59.7 Å². The van der Waals surface area contributed by atoms with Gasteiger partial charge in [0, 0.05) is 41.8 Å². The first-order valence-corrected chi connectivity index (χ1v) is 11.7. The van der Waals surface area contributed by atoms with Crippen LogP contribution in [0, 0.1) is 0 Å². The zero-order chi connectivity index (χ0) is 23.5. The number of halogens is 1. The molecule has 0 saturated heterocycles. The number of carbonyl (C=O) groups is 2. The third-order valence-corrected chi connectivity index (χ3v) is 6.61. The number of nitrogens with two attached hydrogens (primary N) is 1. The molecule has 3 N–H and O–H groups in total. The van der Waals surface area contributed by atoms with Crippen molar-refractivity contribution in [1.29, 1.82) is 0 Å². The molecule has 1 aliphatic rings. The lowest BCUT2D eigenvalue weighted by molar-refractivity contribution is -0.133. The summed E-state index contributed by atoms with van der Waals surface area (Å²) in [4.78, 5) is 27.0. The summed E-state index contributed by atoms with van der Waals surface area (Å²) in [6, 6.07) is 13.0. The van der Waals surface area contributed by atoms with Gasteiger partial charge in [0.2, 0.25) is 5.91 Å². The van der Waals surface area contributed by atoms with Crippen LogP contribution >= 0.6 is 11.6 Å². The second-order valence-electron chi connectivity index (χ2n) is 9.75. The molecule has 2 amide bonds. The smallest absolute Gasteiger partial charge is 0.255 e. The Balaban J connectivity index is 1.76. The van der Waals surface area contributed by atoms with Crippen molar-refractivity contribution in [2.75, 3.05) is 5.32 Å². The number of rotatable bonds is 5. The van der Waals surface area contributed by atoms with Crippen molar-refractivity contribution in [2.24, 2.45) is 5.73 Å². The number of hydrogen-bond donors (Lipinski definition) is 2. The molecule has 0 aliphatic heterocycles. The predicted octanol–water partition coefficient (Wildman–Crippen LogP) is 5.51. The summed E-state index contributed by atoms with van der Waals surface area (Å²) < 4.78 is 0. The third-order valence-electron chi connectivity index (χ3n) is 6.24. The molecule has 0 radical (unpaired) electrons. The molecule has 172 valence electrons. The van der Waals surface area contributed by atoms with E-state index in [1.54, 1.807) is 19.1 Å².